The smallest absolute Gasteiger partial charge is 0.294 e. The first kappa shape index (κ1) is 21.9. The Kier molecular flexibility index (Phi) is 5.73. The number of benzene rings is 3. The number of hydrogen-bond acceptors (Lipinski definition) is 7. The predicted octanol–water partition coefficient (Wildman–Crippen LogP) is 5.63. The van der Waals surface area contributed by atoms with E-state index in [-0.39, 0.29) is 17.1 Å². The van der Waals surface area contributed by atoms with Gasteiger partial charge in [0.1, 0.15) is 5.69 Å². The molecule has 5 aromatic rings. The number of nitro groups is 2. The number of thiazole rings is 1. The molecule has 3 aromatic carbocycles. The highest BCUT2D eigenvalue weighted by Gasteiger charge is 2.14. The van der Waals surface area contributed by atoms with Gasteiger partial charge in [0.2, 0.25) is 4.80 Å². The third-order valence-electron chi connectivity index (χ3n) is 5.29. The Balaban J connectivity index is 1.67. The Bertz CT molecular complexity index is 1660. The highest BCUT2D eigenvalue weighted by Crippen LogP contribution is 2.27. The van der Waals surface area contributed by atoms with E-state index in [1.165, 1.54) is 29.5 Å². The van der Waals surface area contributed by atoms with E-state index in [2.05, 4.69) is 15.1 Å². The minimum atomic E-state index is -0.483. The zero-order chi connectivity index (χ0) is 24.4. The molecule has 11 heteroatoms. The predicted molar refractivity (Wildman–Crippen MR) is 134 cm³/mol. The molecule has 0 spiro atoms. The number of hydrogen-bond donors (Lipinski definition) is 1. The normalized spacial score (nSPS) is 11.9. The maximum atomic E-state index is 11.5. The standard InChI is InChI=1S/C24H16N6O4S/c31-29(32)18-11-9-16(10-12-18)23-15-35-24(27-21-7-3-4-8-22(21)30(33)34)28(23)26-14-17-13-25-20-6-2-1-5-19(17)20/h1-15,25H. The van der Waals surface area contributed by atoms with Gasteiger partial charge in [-0.1, -0.05) is 30.3 Å². The topological polar surface area (TPSA) is 132 Å². The van der Waals surface area contributed by atoms with Crippen molar-refractivity contribution in [2.45, 2.75) is 0 Å². The van der Waals surface area contributed by atoms with Crippen LogP contribution in [0.25, 0.3) is 22.2 Å². The van der Waals surface area contributed by atoms with Crippen molar-refractivity contribution in [2.75, 3.05) is 0 Å². The zero-order valence-electron chi connectivity index (χ0n) is 17.9. The molecule has 0 aliphatic carbocycles. The number of para-hydroxylation sites is 3. The Morgan fingerprint density at radius 1 is 0.914 bits per heavy atom. The van der Waals surface area contributed by atoms with Gasteiger partial charge in [-0.25, -0.2) is 9.67 Å². The Hall–Kier alpha value is -4.90. The summed E-state index contributed by atoms with van der Waals surface area (Å²) in [5.41, 5.74) is 3.19. The molecule has 0 radical (unpaired) electrons. The maximum Gasteiger partial charge on any atom is 0.294 e. The molecule has 0 aliphatic heterocycles. The summed E-state index contributed by atoms with van der Waals surface area (Å²) >= 11 is 1.26. The second kappa shape index (κ2) is 9.15. The van der Waals surface area contributed by atoms with Gasteiger partial charge in [-0.2, -0.15) is 5.10 Å². The molecule has 2 heterocycles. The molecule has 10 nitrogen and oxygen atoms in total. The SMILES string of the molecule is O=[N+]([O-])c1ccc(-c2csc(=Nc3ccccc3[N+](=O)[O-])n2N=Cc2c[nH]c3ccccc23)cc1. The van der Waals surface area contributed by atoms with Crippen molar-refractivity contribution in [3.8, 4) is 11.3 Å². The summed E-state index contributed by atoms with van der Waals surface area (Å²) in [7, 11) is 0. The first-order valence-corrected chi connectivity index (χ1v) is 11.2. The molecule has 1 N–H and O–H groups in total. The number of aromatic nitrogens is 2. The van der Waals surface area contributed by atoms with E-state index in [1.54, 1.807) is 46.6 Å². The van der Waals surface area contributed by atoms with Crippen molar-refractivity contribution >= 4 is 45.5 Å². The summed E-state index contributed by atoms with van der Waals surface area (Å²) in [5.74, 6) is 0. The molecule has 0 saturated heterocycles. The first-order chi connectivity index (χ1) is 17.0. The Morgan fingerprint density at radius 3 is 2.43 bits per heavy atom. The maximum absolute atomic E-state index is 11.5. The van der Waals surface area contributed by atoms with Crippen LogP contribution in [0.3, 0.4) is 0 Å². The van der Waals surface area contributed by atoms with E-state index in [0.29, 0.717) is 16.1 Å². The Morgan fingerprint density at radius 2 is 1.66 bits per heavy atom. The van der Waals surface area contributed by atoms with Gasteiger partial charge in [0.15, 0.2) is 0 Å². The number of rotatable bonds is 6. The van der Waals surface area contributed by atoms with Crippen molar-refractivity contribution < 1.29 is 9.85 Å². The second-order valence-corrected chi connectivity index (χ2v) is 8.25. The molecule has 35 heavy (non-hydrogen) atoms. The van der Waals surface area contributed by atoms with Crippen LogP contribution in [-0.4, -0.2) is 25.7 Å². The summed E-state index contributed by atoms with van der Waals surface area (Å²) < 4.78 is 1.57. The molecule has 0 atom stereocenters. The fourth-order valence-electron chi connectivity index (χ4n) is 3.58. The van der Waals surface area contributed by atoms with Crippen LogP contribution in [0.1, 0.15) is 5.56 Å². The van der Waals surface area contributed by atoms with Gasteiger partial charge in [-0.3, -0.25) is 20.2 Å². The lowest BCUT2D eigenvalue weighted by Crippen LogP contribution is -2.11. The molecule has 0 unspecified atom stereocenters. The summed E-state index contributed by atoms with van der Waals surface area (Å²) in [6.45, 7) is 0. The van der Waals surface area contributed by atoms with Crippen LogP contribution in [0.2, 0.25) is 0 Å². The van der Waals surface area contributed by atoms with E-state index < -0.39 is 9.85 Å². The van der Waals surface area contributed by atoms with Crippen LogP contribution in [0.5, 0.6) is 0 Å². The molecule has 172 valence electrons. The molecule has 5 rings (SSSR count). The lowest BCUT2D eigenvalue weighted by Gasteiger charge is -2.04. The van der Waals surface area contributed by atoms with Crippen molar-refractivity contribution in [3.05, 3.63) is 115 Å². The lowest BCUT2D eigenvalue weighted by atomic mass is 10.1. The average Bonchev–Trinajstić information content (AvgIpc) is 3.47. The van der Waals surface area contributed by atoms with Crippen LogP contribution in [0.4, 0.5) is 17.1 Å². The average molecular weight is 484 g/mol. The van der Waals surface area contributed by atoms with Crippen LogP contribution >= 0.6 is 11.3 Å². The summed E-state index contributed by atoms with van der Waals surface area (Å²) in [6.07, 6.45) is 3.52. The number of nitrogens with zero attached hydrogens (tertiary/aromatic N) is 5. The fraction of sp³-hybridized carbons (Fsp3) is 0. The number of aromatic amines is 1. The zero-order valence-corrected chi connectivity index (χ0v) is 18.8. The van der Waals surface area contributed by atoms with E-state index in [4.69, 9.17) is 0 Å². The molecule has 0 fully saturated rings. The quantitative estimate of drug-likeness (QED) is 0.190. The molecule has 2 aromatic heterocycles. The third-order valence-corrected chi connectivity index (χ3v) is 6.10. The number of nitro benzene ring substituents is 2. The van der Waals surface area contributed by atoms with Gasteiger partial charge in [-0.15, -0.1) is 11.3 Å². The molecule has 0 amide bonds. The van der Waals surface area contributed by atoms with E-state index in [9.17, 15) is 20.2 Å². The van der Waals surface area contributed by atoms with E-state index in [0.717, 1.165) is 16.5 Å². The molecule has 0 aliphatic rings. The van der Waals surface area contributed by atoms with Crippen LogP contribution in [0.15, 0.2) is 94.5 Å². The molecule has 0 saturated carbocycles. The van der Waals surface area contributed by atoms with Crippen LogP contribution in [0, 0.1) is 20.2 Å². The number of fused-ring (bicyclic) bond motifs is 1. The molecular formula is C24H16N6O4S. The lowest BCUT2D eigenvalue weighted by molar-refractivity contribution is -0.384. The minimum Gasteiger partial charge on any atom is -0.361 e. The highest BCUT2D eigenvalue weighted by molar-refractivity contribution is 7.07. The number of non-ortho nitro benzene ring substituents is 1. The number of H-pyrrole nitrogens is 1. The summed E-state index contributed by atoms with van der Waals surface area (Å²) in [5, 5.41) is 30.0. The monoisotopic (exact) mass is 484 g/mol. The largest absolute Gasteiger partial charge is 0.361 e. The highest BCUT2D eigenvalue weighted by atomic mass is 32.1. The summed E-state index contributed by atoms with van der Waals surface area (Å²) in [4.78, 5) is 29.7. The minimum absolute atomic E-state index is 0.0253. The second-order valence-electron chi connectivity index (χ2n) is 7.41. The van der Waals surface area contributed by atoms with Crippen LogP contribution in [-0.2, 0) is 0 Å². The van der Waals surface area contributed by atoms with Crippen molar-refractivity contribution in [3.63, 3.8) is 0 Å². The van der Waals surface area contributed by atoms with Crippen molar-refractivity contribution in [1.82, 2.24) is 9.66 Å². The van der Waals surface area contributed by atoms with Gasteiger partial charge in [-0.05, 0) is 24.3 Å². The fourth-order valence-corrected chi connectivity index (χ4v) is 4.43. The number of nitrogens with one attached hydrogen (secondary N) is 1. The van der Waals surface area contributed by atoms with Gasteiger partial charge in [0, 0.05) is 51.8 Å². The first-order valence-electron chi connectivity index (χ1n) is 10.4. The summed E-state index contributed by atoms with van der Waals surface area (Å²) in [6, 6.07) is 20.1. The molecular weight excluding hydrogens is 468 g/mol. The van der Waals surface area contributed by atoms with Gasteiger partial charge >= 0.3 is 0 Å². The van der Waals surface area contributed by atoms with Crippen molar-refractivity contribution in [2.24, 2.45) is 10.1 Å². The van der Waals surface area contributed by atoms with Gasteiger partial charge < -0.3 is 4.98 Å². The van der Waals surface area contributed by atoms with E-state index >= 15 is 0 Å². The Labute approximate surface area is 201 Å². The van der Waals surface area contributed by atoms with Crippen LogP contribution < -0.4 is 4.80 Å². The van der Waals surface area contributed by atoms with Crippen molar-refractivity contribution in [1.29, 1.82) is 0 Å². The van der Waals surface area contributed by atoms with E-state index in [1.807, 2.05) is 30.5 Å². The van der Waals surface area contributed by atoms with Gasteiger partial charge in [0.05, 0.1) is 21.8 Å². The molecule has 0 bridgehead atoms. The third kappa shape index (κ3) is 4.35. The van der Waals surface area contributed by atoms with Gasteiger partial charge in [0.25, 0.3) is 11.4 Å².